The molecule has 0 bridgehead atoms. The molecule has 0 saturated heterocycles. The van der Waals surface area contributed by atoms with Crippen LogP contribution in [0.2, 0.25) is 0 Å². The highest BCUT2D eigenvalue weighted by molar-refractivity contribution is 7.90. The number of fused-ring (bicyclic) bond motifs is 1. The third-order valence-electron chi connectivity index (χ3n) is 4.51. The molecule has 0 unspecified atom stereocenters. The molecule has 1 aliphatic heterocycles. The summed E-state index contributed by atoms with van der Waals surface area (Å²) in [5.74, 6) is 0.0662. The van der Waals surface area contributed by atoms with Crippen molar-refractivity contribution in [1.29, 1.82) is 0 Å². The van der Waals surface area contributed by atoms with Crippen molar-refractivity contribution in [2.24, 2.45) is 4.99 Å². The third kappa shape index (κ3) is 4.26. The van der Waals surface area contributed by atoms with Gasteiger partial charge in [0, 0.05) is 15.3 Å². The van der Waals surface area contributed by atoms with Gasteiger partial charge in [-0.05, 0) is 41.9 Å². The number of hydrogen-bond acceptors (Lipinski definition) is 6. The minimum Gasteiger partial charge on any atom is -0.331 e. The molecule has 9 heteroatoms. The largest absolute Gasteiger partial charge is 0.331 e. The zero-order valence-electron chi connectivity index (χ0n) is 15.6. The summed E-state index contributed by atoms with van der Waals surface area (Å²) in [6.45, 7) is 2.68. The smallest absolute Gasteiger partial charge is 0.263 e. The molecule has 29 heavy (non-hydrogen) atoms. The molecule has 2 aromatic heterocycles. The number of carbonyl (C=O) groups excluding carboxylic acids is 1. The number of thiophene rings is 2. The molecule has 4 rings (SSSR count). The van der Waals surface area contributed by atoms with E-state index in [2.05, 4.69) is 9.71 Å². The van der Waals surface area contributed by atoms with Gasteiger partial charge in [-0.2, -0.15) is 0 Å². The number of amidine groups is 1. The van der Waals surface area contributed by atoms with E-state index in [9.17, 15) is 13.2 Å². The van der Waals surface area contributed by atoms with Crippen LogP contribution in [0.4, 0.5) is 0 Å². The molecule has 6 nitrogen and oxygen atoms in total. The van der Waals surface area contributed by atoms with E-state index in [4.69, 9.17) is 0 Å². The molecular weight excluding hydrogens is 426 g/mol. The van der Waals surface area contributed by atoms with Crippen molar-refractivity contribution in [3.05, 3.63) is 74.6 Å². The Morgan fingerprint density at radius 2 is 1.66 bits per heavy atom. The number of carbonyl (C=O) groups is 1. The summed E-state index contributed by atoms with van der Waals surface area (Å²) in [6, 6.07) is 13.8. The monoisotopic (exact) mass is 445 g/mol. The van der Waals surface area contributed by atoms with E-state index in [-0.39, 0.29) is 16.6 Å². The van der Waals surface area contributed by atoms with Crippen molar-refractivity contribution in [1.82, 2.24) is 9.62 Å². The van der Waals surface area contributed by atoms with Crippen LogP contribution in [0, 0.1) is 0 Å². The van der Waals surface area contributed by atoms with E-state index in [1.807, 2.05) is 35.0 Å². The van der Waals surface area contributed by atoms with Crippen molar-refractivity contribution in [2.75, 3.05) is 0 Å². The lowest BCUT2D eigenvalue weighted by Gasteiger charge is -2.23. The topological polar surface area (TPSA) is 78.8 Å². The van der Waals surface area contributed by atoms with E-state index in [1.165, 1.54) is 6.07 Å². The molecule has 1 atom stereocenters. The van der Waals surface area contributed by atoms with Crippen molar-refractivity contribution in [3.63, 3.8) is 0 Å². The van der Waals surface area contributed by atoms with Gasteiger partial charge in [-0.15, -0.1) is 22.7 Å². The summed E-state index contributed by atoms with van der Waals surface area (Å²) in [7, 11) is -3.63. The quantitative estimate of drug-likeness (QED) is 0.631. The molecule has 150 valence electrons. The van der Waals surface area contributed by atoms with Gasteiger partial charge in [0.25, 0.3) is 10.0 Å². The highest BCUT2D eigenvalue weighted by Gasteiger charge is 2.31. The van der Waals surface area contributed by atoms with E-state index >= 15 is 0 Å². The van der Waals surface area contributed by atoms with E-state index in [0.29, 0.717) is 18.7 Å². The molecule has 1 amide bonds. The lowest BCUT2D eigenvalue weighted by Crippen LogP contribution is -2.37. The Morgan fingerprint density at radius 1 is 1.03 bits per heavy atom. The van der Waals surface area contributed by atoms with Crippen LogP contribution >= 0.6 is 22.7 Å². The number of nitrogens with one attached hydrogen (secondary N) is 1. The van der Waals surface area contributed by atoms with Crippen LogP contribution in [0.15, 0.2) is 69.2 Å². The fraction of sp³-hybridized carbons (Fsp3) is 0.200. The number of hydrogen-bond donors (Lipinski definition) is 1. The van der Waals surface area contributed by atoms with Gasteiger partial charge >= 0.3 is 0 Å². The predicted octanol–water partition coefficient (Wildman–Crippen LogP) is 3.47. The minimum absolute atomic E-state index is 0.150. The Bertz CT molecular complexity index is 1100. The van der Waals surface area contributed by atoms with E-state index in [0.717, 1.165) is 9.75 Å². The summed E-state index contributed by atoms with van der Waals surface area (Å²) in [4.78, 5) is 21.8. The second-order valence-corrected chi connectivity index (χ2v) is 10.3. The average molecular weight is 446 g/mol. The second kappa shape index (κ2) is 8.10. The fourth-order valence-corrected chi connectivity index (χ4v) is 5.81. The summed E-state index contributed by atoms with van der Waals surface area (Å²) in [6.07, 6.45) is 0. The van der Waals surface area contributed by atoms with Gasteiger partial charge in [-0.25, -0.2) is 8.42 Å². The zero-order valence-corrected chi connectivity index (χ0v) is 18.1. The van der Waals surface area contributed by atoms with Crippen LogP contribution in [-0.2, 0) is 27.9 Å². The molecule has 3 aromatic rings. The van der Waals surface area contributed by atoms with E-state index < -0.39 is 16.1 Å². The summed E-state index contributed by atoms with van der Waals surface area (Å²) >= 11 is 3.20. The van der Waals surface area contributed by atoms with E-state index in [1.54, 1.807) is 52.7 Å². The van der Waals surface area contributed by atoms with Crippen molar-refractivity contribution < 1.29 is 13.2 Å². The zero-order chi connectivity index (χ0) is 20.4. The molecule has 3 heterocycles. The van der Waals surface area contributed by atoms with Gasteiger partial charge in [-0.3, -0.25) is 14.5 Å². The van der Waals surface area contributed by atoms with Crippen molar-refractivity contribution in [3.8, 4) is 0 Å². The van der Waals surface area contributed by atoms with Crippen molar-refractivity contribution in [2.45, 2.75) is 31.0 Å². The van der Waals surface area contributed by atoms with Gasteiger partial charge in [0.15, 0.2) is 0 Å². The highest BCUT2D eigenvalue weighted by atomic mass is 32.2. The van der Waals surface area contributed by atoms with Crippen LogP contribution in [0.3, 0.4) is 0 Å². The lowest BCUT2D eigenvalue weighted by molar-refractivity contribution is -0.133. The molecule has 1 N–H and O–H groups in total. The fourth-order valence-electron chi connectivity index (χ4n) is 3.14. The molecule has 0 saturated carbocycles. The van der Waals surface area contributed by atoms with Gasteiger partial charge in [0.2, 0.25) is 5.91 Å². The standard InChI is InChI=1S/C20H19N3O3S3/c1-14(21-19-17-8-2-3-9-18(17)29(25,26)22-19)20(24)23(12-15-6-4-10-27-15)13-16-7-5-11-28-16/h2-11,14H,12-13H2,1H3,(H,21,22)/t14-/m0/s1. The SMILES string of the molecule is C[C@H](N=C1NS(=O)(=O)c2ccccc21)C(=O)N(Cc1cccs1)Cc1cccs1. The first-order chi connectivity index (χ1) is 13.9. The lowest BCUT2D eigenvalue weighted by atomic mass is 10.2. The van der Waals surface area contributed by atoms with Crippen LogP contribution < -0.4 is 4.72 Å². The Balaban J connectivity index is 1.59. The number of nitrogens with zero attached hydrogens (tertiary/aromatic N) is 2. The number of rotatable bonds is 6. The molecule has 1 aliphatic rings. The first-order valence-corrected chi connectivity index (χ1v) is 12.2. The average Bonchev–Trinajstić information content (AvgIpc) is 3.44. The van der Waals surface area contributed by atoms with Crippen LogP contribution in [-0.4, -0.2) is 31.1 Å². The Hall–Kier alpha value is -2.49. The van der Waals surface area contributed by atoms with Crippen molar-refractivity contribution >= 4 is 44.4 Å². The first-order valence-electron chi connectivity index (χ1n) is 8.97. The number of amides is 1. The number of aliphatic imine (C=N–C) groups is 1. The molecule has 1 aromatic carbocycles. The van der Waals surface area contributed by atoms with Gasteiger partial charge in [-0.1, -0.05) is 24.3 Å². The van der Waals surface area contributed by atoms with Crippen LogP contribution in [0.25, 0.3) is 0 Å². The summed E-state index contributed by atoms with van der Waals surface area (Å²) in [5.41, 5.74) is 0.496. The maximum absolute atomic E-state index is 13.2. The molecule has 0 radical (unpaired) electrons. The summed E-state index contributed by atoms with van der Waals surface area (Å²) in [5, 5.41) is 3.97. The minimum atomic E-state index is -3.63. The van der Waals surface area contributed by atoms with Crippen LogP contribution in [0.5, 0.6) is 0 Å². The van der Waals surface area contributed by atoms with Crippen LogP contribution in [0.1, 0.15) is 22.2 Å². The maximum Gasteiger partial charge on any atom is 0.263 e. The molecular formula is C20H19N3O3S3. The Morgan fingerprint density at radius 3 is 2.24 bits per heavy atom. The first kappa shape index (κ1) is 19.8. The Kier molecular flexibility index (Phi) is 5.53. The maximum atomic E-state index is 13.2. The van der Waals surface area contributed by atoms with Gasteiger partial charge < -0.3 is 4.90 Å². The van der Waals surface area contributed by atoms with Gasteiger partial charge in [0.05, 0.1) is 18.0 Å². The number of benzene rings is 1. The summed E-state index contributed by atoms with van der Waals surface area (Å²) < 4.78 is 27.0. The molecule has 0 spiro atoms. The predicted molar refractivity (Wildman–Crippen MR) is 116 cm³/mol. The number of sulfonamides is 1. The third-order valence-corrected chi connectivity index (χ3v) is 7.63. The Labute approximate surface area is 177 Å². The molecule has 0 aliphatic carbocycles. The second-order valence-electron chi connectivity index (χ2n) is 6.61. The molecule has 0 fully saturated rings. The normalized spacial score (nSPS) is 16.9. The van der Waals surface area contributed by atoms with Gasteiger partial charge in [0.1, 0.15) is 11.9 Å². The highest BCUT2D eigenvalue weighted by Crippen LogP contribution is 2.23.